The summed E-state index contributed by atoms with van der Waals surface area (Å²) in [5.41, 5.74) is -0.456. The lowest BCUT2D eigenvalue weighted by Gasteiger charge is -2.38. The molecule has 1 atom stereocenters. The molecule has 1 saturated carbocycles. The third-order valence-corrected chi connectivity index (χ3v) is 2.92. The second kappa shape index (κ2) is 3.96. The van der Waals surface area contributed by atoms with Gasteiger partial charge in [-0.15, -0.1) is 11.8 Å². The molecule has 0 amide bonds. The van der Waals surface area contributed by atoms with E-state index in [1.54, 1.807) is 0 Å². The van der Waals surface area contributed by atoms with Gasteiger partial charge in [0.1, 0.15) is 0 Å². The second-order valence-corrected chi connectivity index (χ2v) is 3.91. The molecule has 0 aromatic rings. The van der Waals surface area contributed by atoms with Crippen molar-refractivity contribution < 1.29 is 5.11 Å². The van der Waals surface area contributed by atoms with Crippen molar-refractivity contribution in [2.45, 2.75) is 51.6 Å². The van der Waals surface area contributed by atoms with Crippen LogP contribution in [-0.4, -0.2) is 10.7 Å². The van der Waals surface area contributed by atoms with Crippen LogP contribution in [0.3, 0.4) is 0 Å². The summed E-state index contributed by atoms with van der Waals surface area (Å²) < 4.78 is 0. The summed E-state index contributed by atoms with van der Waals surface area (Å²) in [6, 6.07) is 0. The first kappa shape index (κ1) is 9.61. The Labute approximate surface area is 75.2 Å². The van der Waals surface area contributed by atoms with Gasteiger partial charge in [-0.05, 0) is 39.0 Å². The minimum Gasteiger partial charge on any atom is -0.390 e. The molecule has 0 spiro atoms. The molecule has 0 saturated heterocycles. The highest BCUT2D eigenvalue weighted by molar-refractivity contribution is 4.98. The Morgan fingerprint density at radius 3 is 2.58 bits per heavy atom. The van der Waals surface area contributed by atoms with Crippen molar-refractivity contribution in [1.29, 1.82) is 0 Å². The molecule has 1 nitrogen and oxygen atoms in total. The van der Waals surface area contributed by atoms with Gasteiger partial charge < -0.3 is 5.11 Å². The van der Waals surface area contributed by atoms with Crippen LogP contribution >= 0.6 is 0 Å². The Bertz CT molecular complexity index is 191. The van der Waals surface area contributed by atoms with Crippen LogP contribution in [-0.2, 0) is 0 Å². The monoisotopic (exact) mass is 166 g/mol. The number of aliphatic hydroxyl groups is 1. The van der Waals surface area contributed by atoms with Crippen LogP contribution in [0.2, 0.25) is 0 Å². The summed E-state index contributed by atoms with van der Waals surface area (Å²) in [7, 11) is 0. The average Bonchev–Trinajstić information content (AvgIpc) is 1.82. The first-order valence-corrected chi connectivity index (χ1v) is 4.79. The molecule has 0 aliphatic heterocycles. The lowest BCUT2D eigenvalue weighted by molar-refractivity contribution is -0.0398. The van der Waals surface area contributed by atoms with Crippen LogP contribution in [0.5, 0.6) is 0 Å². The summed E-state index contributed by atoms with van der Waals surface area (Å²) in [4.78, 5) is 0. The molecule has 0 radical (unpaired) electrons. The first-order chi connectivity index (χ1) is 5.67. The van der Waals surface area contributed by atoms with Gasteiger partial charge in [-0.2, -0.15) is 0 Å². The van der Waals surface area contributed by atoms with E-state index in [0.717, 1.165) is 12.8 Å². The van der Waals surface area contributed by atoms with Gasteiger partial charge in [0.25, 0.3) is 0 Å². The maximum absolute atomic E-state index is 9.99. The zero-order valence-corrected chi connectivity index (χ0v) is 8.06. The maximum Gasteiger partial charge on any atom is 0.0656 e. The summed E-state index contributed by atoms with van der Waals surface area (Å²) >= 11 is 0. The fourth-order valence-electron chi connectivity index (χ4n) is 1.67. The molecular formula is C11H18O. The van der Waals surface area contributed by atoms with Crippen molar-refractivity contribution in [2.75, 3.05) is 0 Å². The van der Waals surface area contributed by atoms with Crippen LogP contribution in [0.4, 0.5) is 0 Å². The molecule has 1 rings (SSSR count). The van der Waals surface area contributed by atoms with Crippen molar-refractivity contribution in [1.82, 2.24) is 0 Å². The van der Waals surface area contributed by atoms with E-state index in [4.69, 9.17) is 0 Å². The van der Waals surface area contributed by atoms with Crippen molar-refractivity contribution in [3.63, 3.8) is 0 Å². The van der Waals surface area contributed by atoms with E-state index in [0.29, 0.717) is 5.92 Å². The van der Waals surface area contributed by atoms with Gasteiger partial charge in [0.2, 0.25) is 0 Å². The Kier molecular flexibility index (Phi) is 3.17. The minimum atomic E-state index is -0.456. The third-order valence-electron chi connectivity index (χ3n) is 2.92. The lowest BCUT2D eigenvalue weighted by atomic mass is 9.72. The van der Waals surface area contributed by atoms with Crippen molar-refractivity contribution in [3.05, 3.63) is 0 Å². The fourth-order valence-corrected chi connectivity index (χ4v) is 1.67. The van der Waals surface area contributed by atoms with E-state index in [-0.39, 0.29) is 0 Å². The SMILES string of the molecule is CC#CCCC(C)(O)C1CCC1. The quantitative estimate of drug-likeness (QED) is 0.638. The van der Waals surface area contributed by atoms with E-state index in [9.17, 15) is 5.11 Å². The molecule has 12 heavy (non-hydrogen) atoms. The van der Waals surface area contributed by atoms with Crippen LogP contribution < -0.4 is 0 Å². The fraction of sp³-hybridized carbons (Fsp3) is 0.818. The largest absolute Gasteiger partial charge is 0.390 e. The zero-order valence-electron chi connectivity index (χ0n) is 8.06. The molecule has 0 heterocycles. The molecule has 1 aliphatic rings. The molecule has 1 heteroatoms. The normalized spacial score (nSPS) is 21.9. The van der Waals surface area contributed by atoms with E-state index < -0.39 is 5.60 Å². The van der Waals surface area contributed by atoms with E-state index >= 15 is 0 Å². The van der Waals surface area contributed by atoms with E-state index in [1.165, 1.54) is 19.3 Å². The van der Waals surface area contributed by atoms with Gasteiger partial charge in [-0.25, -0.2) is 0 Å². The summed E-state index contributed by atoms with van der Waals surface area (Å²) in [6.45, 7) is 3.80. The van der Waals surface area contributed by atoms with Gasteiger partial charge in [-0.1, -0.05) is 6.42 Å². The van der Waals surface area contributed by atoms with Crippen LogP contribution in [0.15, 0.2) is 0 Å². The first-order valence-electron chi connectivity index (χ1n) is 4.79. The predicted octanol–water partition coefficient (Wildman–Crippen LogP) is 2.34. The van der Waals surface area contributed by atoms with Gasteiger partial charge in [0.05, 0.1) is 5.60 Å². The lowest BCUT2D eigenvalue weighted by Crippen LogP contribution is -2.38. The third kappa shape index (κ3) is 2.25. The molecule has 68 valence electrons. The van der Waals surface area contributed by atoms with E-state index in [2.05, 4.69) is 11.8 Å². The highest BCUT2D eigenvalue weighted by Gasteiger charge is 2.35. The molecule has 0 bridgehead atoms. The molecule has 1 unspecified atom stereocenters. The molecule has 0 aromatic heterocycles. The van der Waals surface area contributed by atoms with Gasteiger partial charge in [0.15, 0.2) is 0 Å². The number of hydrogen-bond acceptors (Lipinski definition) is 1. The Balaban J connectivity index is 2.29. The van der Waals surface area contributed by atoms with Gasteiger partial charge >= 0.3 is 0 Å². The van der Waals surface area contributed by atoms with Crippen molar-refractivity contribution in [3.8, 4) is 11.8 Å². The smallest absolute Gasteiger partial charge is 0.0656 e. The number of rotatable bonds is 3. The predicted molar refractivity (Wildman–Crippen MR) is 50.6 cm³/mol. The average molecular weight is 166 g/mol. The Morgan fingerprint density at radius 2 is 2.17 bits per heavy atom. The highest BCUT2D eigenvalue weighted by Crippen LogP contribution is 2.38. The molecule has 0 aromatic carbocycles. The van der Waals surface area contributed by atoms with Crippen LogP contribution in [0, 0.1) is 17.8 Å². The topological polar surface area (TPSA) is 20.2 Å². The summed E-state index contributed by atoms with van der Waals surface area (Å²) in [6.07, 6.45) is 5.36. The zero-order chi connectivity index (χ0) is 9.03. The number of hydrogen-bond donors (Lipinski definition) is 1. The molecular weight excluding hydrogens is 148 g/mol. The molecule has 1 fully saturated rings. The van der Waals surface area contributed by atoms with E-state index in [1.807, 2.05) is 13.8 Å². The highest BCUT2D eigenvalue weighted by atomic mass is 16.3. The molecule has 1 aliphatic carbocycles. The van der Waals surface area contributed by atoms with Crippen LogP contribution in [0.1, 0.15) is 46.0 Å². The minimum absolute atomic E-state index is 0.456. The van der Waals surface area contributed by atoms with Gasteiger partial charge in [-0.3, -0.25) is 0 Å². The van der Waals surface area contributed by atoms with Gasteiger partial charge in [0, 0.05) is 6.42 Å². The van der Waals surface area contributed by atoms with Crippen molar-refractivity contribution >= 4 is 0 Å². The molecule has 1 N–H and O–H groups in total. The van der Waals surface area contributed by atoms with Crippen molar-refractivity contribution in [2.24, 2.45) is 5.92 Å². The summed E-state index contributed by atoms with van der Waals surface area (Å²) in [5.74, 6) is 6.39. The summed E-state index contributed by atoms with van der Waals surface area (Å²) in [5, 5.41) is 9.99. The second-order valence-electron chi connectivity index (χ2n) is 3.91. The Morgan fingerprint density at radius 1 is 1.50 bits per heavy atom. The standard InChI is InChI=1S/C11H18O/c1-3-4-5-9-11(2,12)10-7-6-8-10/h10,12H,5-9H2,1-2H3. The maximum atomic E-state index is 9.99. The van der Waals surface area contributed by atoms with Crippen LogP contribution in [0.25, 0.3) is 0 Å². The Hall–Kier alpha value is -0.480.